The van der Waals surface area contributed by atoms with Gasteiger partial charge in [-0.1, -0.05) is 15.9 Å². The van der Waals surface area contributed by atoms with E-state index in [1.54, 1.807) is 19.1 Å². The number of carbonyl (C=O) groups excluding carboxylic acids is 4. The molecule has 0 saturated carbocycles. The lowest BCUT2D eigenvalue weighted by atomic mass is 10.2. The van der Waals surface area contributed by atoms with E-state index in [2.05, 4.69) is 82.5 Å². The zero-order valence-electron chi connectivity index (χ0n) is 52.0. The first-order valence-corrected chi connectivity index (χ1v) is 30.0. The minimum absolute atomic E-state index is 0. The van der Waals surface area contributed by atoms with Gasteiger partial charge in [0.1, 0.15) is 23.1 Å². The zero-order valence-corrected chi connectivity index (χ0v) is 55.1. The second-order valence-corrected chi connectivity index (χ2v) is 24.8. The lowest BCUT2D eigenvalue weighted by molar-refractivity contribution is -0.935. The molecule has 478 valence electrons. The van der Waals surface area contributed by atoms with Gasteiger partial charge in [0, 0.05) is 170 Å². The Morgan fingerprint density at radius 2 is 0.951 bits per heavy atom. The van der Waals surface area contributed by atoms with Gasteiger partial charge in [-0.25, -0.2) is 24.2 Å². The van der Waals surface area contributed by atoms with E-state index in [9.17, 15) is 19.2 Å². The van der Waals surface area contributed by atoms with Crippen LogP contribution in [0.15, 0.2) is 0 Å². The van der Waals surface area contributed by atoms with Crippen molar-refractivity contribution in [2.24, 2.45) is 0 Å². The summed E-state index contributed by atoms with van der Waals surface area (Å²) in [5.74, 6) is 0. The highest BCUT2D eigenvalue weighted by atomic mass is 79.9. The second kappa shape index (κ2) is 40.1. The highest BCUT2D eigenvalue weighted by Gasteiger charge is 2.57. The standard InChI is InChI=1S/C14H28N4O3.C14H26N4O2.C7H14BrNO2.C7H13N3.C6H15N3.C5H13NO2.BrH.H2O/c1-14(2,3)21-13(20)16-6-9-17-7-4-15-5-8-18(12-19)11-10-17;1-14(2,3)20-12(19)15-4-9-18-10-7-16-5-6-17(8-11-18)13(16)18;1-7(2,3)11-6(10)9-5-4-8;1-2-9-5-6-10-4-3-8(1)7(9)10;1-2-8-5-6-9-4-3-7-1;1-6(2)5(7-3)8-4;;/h12,15H,4-11H2,1-3H3,(H,16,20);13H,4-11H2,1-3H3;4-5H2,1-3H3,(H,9,10);7H,1-6H2;7-9H,1-6H2;5H,1-4H3;1H;1H2. The molecule has 0 bridgehead atoms. The highest BCUT2D eigenvalue weighted by molar-refractivity contribution is 9.09. The smallest absolute Gasteiger partial charge is 0.407 e. The number of rotatable bonds is 12. The molecular formula is C53H112Br2N16O10. The first-order chi connectivity index (χ1) is 37.4. The van der Waals surface area contributed by atoms with Gasteiger partial charge >= 0.3 is 18.3 Å². The van der Waals surface area contributed by atoms with E-state index in [-0.39, 0.29) is 47.2 Å². The summed E-state index contributed by atoms with van der Waals surface area (Å²) in [7, 11) is 6.98. The van der Waals surface area contributed by atoms with Crippen LogP contribution in [0, 0.1) is 0 Å². The number of quaternary nitrogens is 1. The summed E-state index contributed by atoms with van der Waals surface area (Å²) in [6, 6.07) is 0. The van der Waals surface area contributed by atoms with E-state index in [1.165, 1.54) is 78.5 Å². The third-order valence-electron chi connectivity index (χ3n) is 13.9. The van der Waals surface area contributed by atoms with Crippen molar-refractivity contribution in [1.82, 2.24) is 76.4 Å². The number of methoxy groups -OCH3 is 2. The van der Waals surface area contributed by atoms with Crippen LogP contribution in [0.2, 0.25) is 0 Å². The lowest BCUT2D eigenvalue weighted by Gasteiger charge is -2.34. The molecule has 8 saturated heterocycles. The van der Waals surface area contributed by atoms with Crippen molar-refractivity contribution in [2.45, 2.75) is 98.1 Å². The molecule has 0 unspecified atom stereocenters. The van der Waals surface area contributed by atoms with Gasteiger partial charge in [0.05, 0.1) is 39.3 Å². The van der Waals surface area contributed by atoms with Crippen LogP contribution in [-0.4, -0.2) is 333 Å². The van der Waals surface area contributed by atoms with Crippen molar-refractivity contribution in [2.75, 3.05) is 223 Å². The second-order valence-electron chi connectivity index (χ2n) is 24.0. The lowest BCUT2D eigenvalue weighted by Crippen LogP contribution is -3.00. The summed E-state index contributed by atoms with van der Waals surface area (Å²) in [4.78, 5) is 63.8. The number of carbonyl (C=O) groups is 4. The Hall–Kier alpha value is -2.36. The van der Waals surface area contributed by atoms with Gasteiger partial charge in [0.2, 0.25) is 19.1 Å². The Balaban J connectivity index is 0.000000504. The summed E-state index contributed by atoms with van der Waals surface area (Å²) >= 11 is 3.19. The molecule has 0 radical (unpaired) electrons. The molecule has 0 spiro atoms. The molecule has 0 aliphatic carbocycles. The topological polar surface area (TPSA) is 256 Å². The molecule has 28 heteroatoms. The van der Waals surface area contributed by atoms with E-state index in [1.807, 2.05) is 81.3 Å². The molecule has 8 rings (SSSR count). The maximum atomic E-state index is 11.7. The summed E-state index contributed by atoms with van der Waals surface area (Å²) < 4.78 is 26.3. The van der Waals surface area contributed by atoms with Gasteiger partial charge in [0.25, 0.3) is 0 Å². The van der Waals surface area contributed by atoms with Crippen molar-refractivity contribution < 1.29 is 69.8 Å². The van der Waals surface area contributed by atoms with Crippen molar-refractivity contribution >= 4 is 40.6 Å². The number of nitrogens with zero attached hydrogens (tertiary/aromatic N) is 9. The van der Waals surface area contributed by atoms with E-state index >= 15 is 0 Å². The molecule has 8 fully saturated rings. The van der Waals surface area contributed by atoms with Crippen LogP contribution in [0.3, 0.4) is 0 Å². The molecule has 26 nitrogen and oxygen atoms in total. The average molecular weight is 1290 g/mol. The van der Waals surface area contributed by atoms with Crippen LogP contribution in [0.1, 0.15) is 62.3 Å². The van der Waals surface area contributed by atoms with E-state index in [4.69, 9.17) is 23.7 Å². The molecule has 8 aliphatic rings. The fraction of sp³-hybridized carbons (Fsp3) is 0.925. The maximum Gasteiger partial charge on any atom is 0.407 e. The van der Waals surface area contributed by atoms with Crippen molar-refractivity contribution in [3.05, 3.63) is 0 Å². The number of nitrogens with one attached hydrogen (secondary N) is 7. The number of halogens is 2. The minimum Gasteiger partial charge on any atom is -1.00 e. The number of hydrogen-bond donors (Lipinski definition) is 7. The third kappa shape index (κ3) is 31.0. The van der Waals surface area contributed by atoms with Crippen LogP contribution >= 0.6 is 15.9 Å². The molecule has 8 aliphatic heterocycles. The Labute approximate surface area is 506 Å². The van der Waals surface area contributed by atoms with Crippen LogP contribution in [-0.2, 0) is 28.5 Å². The van der Waals surface area contributed by atoms with Crippen molar-refractivity contribution in [1.29, 1.82) is 0 Å². The number of alkyl halides is 1. The molecule has 0 atom stereocenters. The monoisotopic (exact) mass is 1290 g/mol. The fourth-order valence-corrected chi connectivity index (χ4v) is 10.5. The minimum atomic E-state index is -0.475. The molecule has 8 heterocycles. The average Bonchev–Trinajstić information content (AvgIpc) is 4.38. The molecular weight excluding hydrogens is 1180 g/mol. The number of ether oxygens (including phenoxy) is 5. The summed E-state index contributed by atoms with van der Waals surface area (Å²) in [5.41, 5.74) is -1.30. The van der Waals surface area contributed by atoms with Gasteiger partial charge in [0.15, 0.2) is 0 Å². The van der Waals surface area contributed by atoms with Crippen molar-refractivity contribution in [3.63, 3.8) is 0 Å². The quantitative estimate of drug-likeness (QED) is 0.0327. The largest absolute Gasteiger partial charge is 1.00 e. The molecule has 0 aromatic carbocycles. The number of alkyl carbamates (subject to hydrolysis) is 3. The fourth-order valence-electron chi connectivity index (χ4n) is 10.3. The molecule has 0 aromatic heterocycles. The predicted octanol–water partition coefficient (Wildman–Crippen LogP) is -3.67. The Bertz CT molecular complexity index is 1630. The summed E-state index contributed by atoms with van der Waals surface area (Å²) in [6.45, 7) is 46.9. The van der Waals surface area contributed by atoms with Gasteiger partial charge in [-0.15, -0.1) is 0 Å². The van der Waals surface area contributed by atoms with Crippen LogP contribution in [0.4, 0.5) is 14.4 Å². The van der Waals surface area contributed by atoms with Crippen LogP contribution in [0.25, 0.3) is 0 Å². The normalized spacial score (nSPS) is 22.7. The van der Waals surface area contributed by atoms with Gasteiger partial charge in [-0.3, -0.25) is 33.8 Å². The Morgan fingerprint density at radius 1 is 0.568 bits per heavy atom. The molecule has 9 N–H and O–H groups in total. The number of amides is 4. The van der Waals surface area contributed by atoms with Gasteiger partial charge in [-0.2, -0.15) is 0 Å². The summed E-state index contributed by atoms with van der Waals surface area (Å²) in [6.07, 6.45) is 0.931. The first kappa shape index (κ1) is 76.7. The van der Waals surface area contributed by atoms with Crippen LogP contribution < -0.4 is 54.2 Å². The summed E-state index contributed by atoms with van der Waals surface area (Å²) in [5, 5.41) is 22.2. The zero-order chi connectivity index (χ0) is 58.5. The third-order valence-corrected chi connectivity index (χ3v) is 14.3. The van der Waals surface area contributed by atoms with E-state index in [0.717, 1.165) is 114 Å². The van der Waals surface area contributed by atoms with E-state index in [0.29, 0.717) is 25.9 Å². The Morgan fingerprint density at radius 3 is 1.32 bits per heavy atom. The SMILES string of the molecule is C1CN2CCN3CCN1C23.C1CNCCNCCN1.CC(C)(C)OC(=O)NCCBr.CC(C)(C)OC(=O)NCCN1CCNCCN(C=O)CC1.CC(C)(C)OC(=O)NCC[N+]12CCN3CCN(CC1)C32.COC(OC)N(C)C.O.[Br-]. The number of hydrogen-bond acceptors (Lipinski definition) is 20. The predicted molar refractivity (Wildman–Crippen MR) is 317 cm³/mol. The van der Waals surface area contributed by atoms with E-state index < -0.39 is 16.8 Å². The van der Waals surface area contributed by atoms with Gasteiger partial charge in [-0.05, 0) is 76.4 Å². The first-order valence-electron chi connectivity index (χ1n) is 28.9. The maximum absolute atomic E-state index is 11.7. The van der Waals surface area contributed by atoms with Crippen molar-refractivity contribution in [3.8, 4) is 0 Å². The molecule has 4 amide bonds. The van der Waals surface area contributed by atoms with Crippen LogP contribution in [0.5, 0.6) is 0 Å². The highest BCUT2D eigenvalue weighted by Crippen LogP contribution is 2.35. The van der Waals surface area contributed by atoms with Gasteiger partial charge < -0.3 is 88.3 Å². The molecule has 81 heavy (non-hydrogen) atoms. The molecule has 0 aromatic rings. The Kier molecular flexibility index (Phi) is 37.9.